The fourth-order valence-electron chi connectivity index (χ4n) is 4.34. The summed E-state index contributed by atoms with van der Waals surface area (Å²) in [7, 11) is 0. The molecule has 4 rings (SSSR count). The third-order valence-electron chi connectivity index (χ3n) is 5.66. The van der Waals surface area contributed by atoms with Crippen LogP contribution in [-0.4, -0.2) is 41.9 Å². The zero-order chi connectivity index (χ0) is 18.1. The number of carbonyl (C=O) groups excluding carboxylic acids is 1. The van der Waals surface area contributed by atoms with Gasteiger partial charge in [0.1, 0.15) is 6.61 Å². The van der Waals surface area contributed by atoms with Crippen LogP contribution in [0, 0.1) is 5.92 Å². The van der Waals surface area contributed by atoms with E-state index in [4.69, 9.17) is 4.74 Å². The molecular weight excluding hydrogens is 326 g/mol. The van der Waals surface area contributed by atoms with E-state index >= 15 is 0 Å². The molecule has 4 nitrogen and oxygen atoms in total. The minimum absolute atomic E-state index is 0.0744. The lowest BCUT2D eigenvalue weighted by Crippen LogP contribution is -2.31. The number of fused-ring (bicyclic) bond motifs is 3. The van der Waals surface area contributed by atoms with Crippen LogP contribution in [0.3, 0.4) is 0 Å². The monoisotopic (exact) mass is 351 g/mol. The van der Waals surface area contributed by atoms with E-state index in [9.17, 15) is 9.90 Å². The summed E-state index contributed by atoms with van der Waals surface area (Å²) >= 11 is 0. The molecule has 2 atom stereocenters. The number of hydrogen-bond donors (Lipinski definition) is 1. The first-order valence-corrected chi connectivity index (χ1v) is 9.47. The maximum atomic E-state index is 12.5. The molecule has 4 heteroatoms. The quantitative estimate of drug-likeness (QED) is 0.905. The predicted molar refractivity (Wildman–Crippen MR) is 101 cm³/mol. The molecule has 1 aliphatic carbocycles. The Morgan fingerprint density at radius 3 is 2.31 bits per heavy atom. The number of amides is 1. The predicted octanol–water partition coefficient (Wildman–Crippen LogP) is 4.03. The summed E-state index contributed by atoms with van der Waals surface area (Å²) in [5.41, 5.74) is 4.88. The van der Waals surface area contributed by atoms with E-state index in [1.54, 1.807) is 4.90 Å². The normalized spacial score (nSPS) is 21.5. The molecule has 1 N–H and O–H groups in total. The molecular formula is C22H25NO3. The maximum Gasteiger partial charge on any atom is 0.409 e. The van der Waals surface area contributed by atoms with Crippen molar-refractivity contribution in [2.45, 2.75) is 31.8 Å². The van der Waals surface area contributed by atoms with Gasteiger partial charge in [0.05, 0.1) is 12.6 Å². The van der Waals surface area contributed by atoms with E-state index in [0.717, 1.165) is 12.8 Å². The molecule has 0 bridgehead atoms. The van der Waals surface area contributed by atoms with Crippen molar-refractivity contribution in [3.63, 3.8) is 0 Å². The van der Waals surface area contributed by atoms with Gasteiger partial charge in [0, 0.05) is 18.4 Å². The summed E-state index contributed by atoms with van der Waals surface area (Å²) in [6.45, 7) is 3.40. The maximum absolute atomic E-state index is 12.5. The van der Waals surface area contributed by atoms with Crippen molar-refractivity contribution < 1.29 is 14.6 Å². The Morgan fingerprint density at radius 1 is 1.08 bits per heavy atom. The van der Waals surface area contributed by atoms with Crippen LogP contribution in [0.25, 0.3) is 11.1 Å². The molecule has 2 aromatic carbocycles. The topological polar surface area (TPSA) is 49.8 Å². The van der Waals surface area contributed by atoms with E-state index in [1.807, 2.05) is 24.3 Å². The Morgan fingerprint density at radius 2 is 1.69 bits per heavy atom. The van der Waals surface area contributed by atoms with Gasteiger partial charge in [0.2, 0.25) is 0 Å². The highest BCUT2D eigenvalue weighted by Crippen LogP contribution is 2.44. The lowest BCUT2D eigenvalue weighted by molar-refractivity contribution is 0.0997. The van der Waals surface area contributed by atoms with Gasteiger partial charge in [-0.2, -0.15) is 0 Å². The highest BCUT2D eigenvalue weighted by Gasteiger charge is 2.35. The van der Waals surface area contributed by atoms with Crippen LogP contribution in [0.4, 0.5) is 4.79 Å². The zero-order valence-corrected chi connectivity index (χ0v) is 15.1. The molecule has 1 fully saturated rings. The largest absolute Gasteiger partial charge is 0.448 e. The second kappa shape index (κ2) is 7.12. The molecule has 26 heavy (non-hydrogen) atoms. The first-order chi connectivity index (χ1) is 12.7. The second-order valence-electron chi connectivity index (χ2n) is 7.33. The number of hydrogen-bond acceptors (Lipinski definition) is 3. The number of rotatable bonds is 4. The van der Waals surface area contributed by atoms with Crippen LogP contribution in [0.1, 0.15) is 36.8 Å². The van der Waals surface area contributed by atoms with Crippen LogP contribution >= 0.6 is 0 Å². The Hall–Kier alpha value is -2.33. The SMILES string of the molecule is CCC[C@@H]1CN(C(=O)OCC2c3ccccc3-c3ccccc32)C[C@H]1O. The van der Waals surface area contributed by atoms with Crippen molar-refractivity contribution in [2.75, 3.05) is 19.7 Å². The van der Waals surface area contributed by atoms with Gasteiger partial charge in [0.15, 0.2) is 0 Å². The van der Waals surface area contributed by atoms with Gasteiger partial charge in [-0.1, -0.05) is 61.9 Å². The van der Waals surface area contributed by atoms with E-state index in [-0.39, 0.29) is 17.9 Å². The highest BCUT2D eigenvalue weighted by atomic mass is 16.6. The van der Waals surface area contributed by atoms with Crippen LogP contribution in [-0.2, 0) is 4.74 Å². The summed E-state index contributed by atoms with van der Waals surface area (Å²) in [6.07, 6.45) is 1.20. The minimum Gasteiger partial charge on any atom is -0.448 e. The van der Waals surface area contributed by atoms with Gasteiger partial charge in [0.25, 0.3) is 0 Å². The molecule has 0 radical (unpaired) electrons. The molecule has 1 saturated heterocycles. The molecule has 1 heterocycles. The Balaban J connectivity index is 1.46. The van der Waals surface area contributed by atoms with Gasteiger partial charge < -0.3 is 14.7 Å². The highest BCUT2D eigenvalue weighted by molar-refractivity contribution is 5.79. The van der Waals surface area contributed by atoms with E-state index in [1.165, 1.54) is 22.3 Å². The third kappa shape index (κ3) is 2.99. The number of β-amino-alcohol motifs (C(OH)–C–C–N with tert-alkyl or cyclic N) is 1. The molecule has 2 aliphatic rings. The average molecular weight is 351 g/mol. The van der Waals surface area contributed by atoms with Crippen LogP contribution in [0.5, 0.6) is 0 Å². The number of aliphatic hydroxyl groups excluding tert-OH is 1. The second-order valence-corrected chi connectivity index (χ2v) is 7.33. The lowest BCUT2D eigenvalue weighted by atomic mass is 9.98. The summed E-state index contributed by atoms with van der Waals surface area (Å²) in [6, 6.07) is 16.6. The number of benzene rings is 2. The number of nitrogens with zero attached hydrogens (tertiary/aromatic N) is 1. The Bertz CT molecular complexity index is 758. The van der Waals surface area contributed by atoms with Crippen LogP contribution in [0.15, 0.2) is 48.5 Å². The standard InChI is InChI=1S/C22H25NO3/c1-2-7-15-12-23(13-21(15)24)22(25)26-14-20-18-10-5-3-8-16(18)17-9-4-6-11-19(17)20/h3-6,8-11,15,20-21,24H,2,7,12-14H2,1H3/t15-,21-/m1/s1. The molecule has 0 aromatic heterocycles. The lowest BCUT2D eigenvalue weighted by Gasteiger charge is -2.19. The number of aliphatic hydroxyl groups is 1. The number of likely N-dealkylation sites (tertiary alicyclic amines) is 1. The fourth-order valence-corrected chi connectivity index (χ4v) is 4.34. The Kier molecular flexibility index (Phi) is 4.68. The summed E-state index contributed by atoms with van der Waals surface area (Å²) in [5.74, 6) is 0.241. The molecule has 0 spiro atoms. The van der Waals surface area contributed by atoms with E-state index in [0.29, 0.717) is 19.7 Å². The molecule has 1 amide bonds. The van der Waals surface area contributed by atoms with Crippen molar-refractivity contribution in [2.24, 2.45) is 5.92 Å². The average Bonchev–Trinajstić information content (AvgIpc) is 3.19. The molecule has 136 valence electrons. The van der Waals surface area contributed by atoms with Crippen LogP contribution in [0.2, 0.25) is 0 Å². The zero-order valence-electron chi connectivity index (χ0n) is 15.1. The smallest absolute Gasteiger partial charge is 0.409 e. The number of ether oxygens (including phenoxy) is 1. The van der Waals surface area contributed by atoms with E-state index in [2.05, 4.69) is 31.2 Å². The molecule has 0 saturated carbocycles. The van der Waals surface area contributed by atoms with Crippen LogP contribution < -0.4 is 0 Å². The molecule has 2 aromatic rings. The Labute approximate surface area is 154 Å². The van der Waals surface area contributed by atoms with Crippen molar-refractivity contribution in [1.82, 2.24) is 4.90 Å². The van der Waals surface area contributed by atoms with Gasteiger partial charge >= 0.3 is 6.09 Å². The van der Waals surface area contributed by atoms with Gasteiger partial charge in [-0.25, -0.2) is 4.79 Å². The van der Waals surface area contributed by atoms with Crippen molar-refractivity contribution in [3.05, 3.63) is 59.7 Å². The molecule has 0 unspecified atom stereocenters. The summed E-state index contributed by atoms with van der Waals surface area (Å²) in [5, 5.41) is 10.1. The first kappa shape index (κ1) is 17.1. The van der Waals surface area contributed by atoms with Crippen molar-refractivity contribution in [3.8, 4) is 11.1 Å². The number of carbonyl (C=O) groups is 1. The van der Waals surface area contributed by atoms with Crippen molar-refractivity contribution >= 4 is 6.09 Å². The fraction of sp³-hybridized carbons (Fsp3) is 0.409. The first-order valence-electron chi connectivity index (χ1n) is 9.47. The van der Waals surface area contributed by atoms with Crippen molar-refractivity contribution in [1.29, 1.82) is 0 Å². The third-order valence-corrected chi connectivity index (χ3v) is 5.66. The van der Waals surface area contributed by atoms with Gasteiger partial charge in [-0.15, -0.1) is 0 Å². The molecule has 1 aliphatic heterocycles. The van der Waals surface area contributed by atoms with Gasteiger partial charge in [-0.3, -0.25) is 0 Å². The minimum atomic E-state index is -0.435. The summed E-state index contributed by atoms with van der Waals surface area (Å²) < 4.78 is 5.67. The van der Waals surface area contributed by atoms with Gasteiger partial charge in [-0.05, 0) is 28.7 Å². The summed E-state index contributed by atoms with van der Waals surface area (Å²) in [4.78, 5) is 14.2. The van der Waals surface area contributed by atoms with E-state index < -0.39 is 6.10 Å².